The Morgan fingerprint density at radius 2 is 1.50 bits per heavy atom. The van der Waals surface area contributed by atoms with Crippen molar-refractivity contribution in [2.45, 2.75) is 25.7 Å². The second kappa shape index (κ2) is 5.02. The molecule has 2 saturated heterocycles. The smallest absolute Gasteiger partial charge is 0.211 e. The lowest BCUT2D eigenvalue weighted by Gasteiger charge is -2.35. The second-order valence-corrected chi connectivity index (χ2v) is 7.19. The molecular weight excluding hydrogens is 224 g/mol. The molecule has 0 saturated carbocycles. The SMILES string of the molecule is CS(=O)(=O)N1CCC(C2CC[NH2+]CC2)CC1. The number of rotatable bonds is 2. The van der Waals surface area contributed by atoms with Crippen molar-refractivity contribution in [2.75, 3.05) is 32.4 Å². The van der Waals surface area contributed by atoms with Gasteiger partial charge in [0.15, 0.2) is 0 Å². The molecule has 4 nitrogen and oxygen atoms in total. The van der Waals surface area contributed by atoms with E-state index in [0.29, 0.717) is 0 Å². The van der Waals surface area contributed by atoms with Crippen molar-refractivity contribution in [3.63, 3.8) is 0 Å². The van der Waals surface area contributed by atoms with Crippen LogP contribution in [0.25, 0.3) is 0 Å². The Balaban J connectivity index is 1.85. The van der Waals surface area contributed by atoms with E-state index in [1.165, 1.54) is 32.2 Å². The van der Waals surface area contributed by atoms with Crippen molar-refractivity contribution >= 4 is 10.0 Å². The number of hydrogen-bond donors (Lipinski definition) is 1. The van der Waals surface area contributed by atoms with E-state index in [1.807, 2.05) is 0 Å². The highest BCUT2D eigenvalue weighted by Crippen LogP contribution is 2.30. The summed E-state index contributed by atoms with van der Waals surface area (Å²) in [5, 5.41) is 2.39. The van der Waals surface area contributed by atoms with Crippen LogP contribution in [0.4, 0.5) is 0 Å². The van der Waals surface area contributed by atoms with Crippen molar-refractivity contribution in [1.82, 2.24) is 4.31 Å². The lowest BCUT2D eigenvalue weighted by molar-refractivity contribution is -0.665. The molecule has 2 rings (SSSR count). The van der Waals surface area contributed by atoms with Gasteiger partial charge in [-0.25, -0.2) is 12.7 Å². The summed E-state index contributed by atoms with van der Waals surface area (Å²) >= 11 is 0. The van der Waals surface area contributed by atoms with Crippen LogP contribution in [0.5, 0.6) is 0 Å². The van der Waals surface area contributed by atoms with Crippen LogP contribution < -0.4 is 5.32 Å². The van der Waals surface area contributed by atoms with Gasteiger partial charge in [-0.05, 0) is 37.5 Å². The number of quaternary nitrogens is 1. The van der Waals surface area contributed by atoms with Crippen LogP contribution in [-0.4, -0.2) is 45.2 Å². The molecule has 2 aliphatic heterocycles. The summed E-state index contributed by atoms with van der Waals surface area (Å²) in [7, 11) is -2.95. The van der Waals surface area contributed by atoms with Crippen LogP contribution >= 0.6 is 0 Å². The van der Waals surface area contributed by atoms with Gasteiger partial charge in [-0.2, -0.15) is 0 Å². The van der Waals surface area contributed by atoms with Crippen LogP contribution in [-0.2, 0) is 10.0 Å². The lowest BCUT2D eigenvalue weighted by Crippen LogP contribution is -2.86. The Labute approximate surface area is 98.4 Å². The zero-order chi connectivity index (χ0) is 11.6. The summed E-state index contributed by atoms with van der Waals surface area (Å²) in [4.78, 5) is 0. The van der Waals surface area contributed by atoms with Crippen LogP contribution in [0.15, 0.2) is 0 Å². The summed E-state index contributed by atoms with van der Waals surface area (Å²) in [6, 6.07) is 0. The Morgan fingerprint density at radius 1 is 1.00 bits per heavy atom. The first kappa shape index (κ1) is 12.3. The molecule has 2 N–H and O–H groups in total. The number of hydrogen-bond acceptors (Lipinski definition) is 2. The molecule has 94 valence electrons. The van der Waals surface area contributed by atoms with Crippen LogP contribution in [0.1, 0.15) is 25.7 Å². The fourth-order valence-electron chi connectivity index (χ4n) is 3.10. The Morgan fingerprint density at radius 3 is 2.00 bits per heavy atom. The highest BCUT2D eigenvalue weighted by molar-refractivity contribution is 7.88. The molecule has 0 unspecified atom stereocenters. The van der Waals surface area contributed by atoms with Gasteiger partial charge in [0, 0.05) is 13.1 Å². The molecule has 5 heteroatoms. The summed E-state index contributed by atoms with van der Waals surface area (Å²) < 4.78 is 24.4. The fraction of sp³-hybridized carbons (Fsp3) is 1.00. The van der Waals surface area contributed by atoms with Crippen LogP contribution in [0.2, 0.25) is 0 Å². The largest absolute Gasteiger partial charge is 0.346 e. The molecule has 16 heavy (non-hydrogen) atoms. The number of piperidine rings is 2. The van der Waals surface area contributed by atoms with E-state index in [9.17, 15) is 8.42 Å². The predicted octanol–water partition coefficient (Wildman–Crippen LogP) is -0.369. The molecule has 0 amide bonds. The molecular formula is C11H23N2O2S+. The minimum absolute atomic E-state index is 0.740. The van der Waals surface area contributed by atoms with E-state index in [4.69, 9.17) is 0 Å². The van der Waals surface area contributed by atoms with Gasteiger partial charge in [-0.15, -0.1) is 0 Å². The third-order valence-electron chi connectivity index (χ3n) is 4.12. The molecule has 0 spiro atoms. The minimum Gasteiger partial charge on any atom is -0.346 e. The first-order valence-electron chi connectivity index (χ1n) is 6.34. The maximum atomic E-state index is 11.4. The van der Waals surface area contributed by atoms with E-state index in [-0.39, 0.29) is 0 Å². The zero-order valence-corrected chi connectivity index (χ0v) is 10.9. The molecule has 2 fully saturated rings. The second-order valence-electron chi connectivity index (χ2n) is 5.20. The topological polar surface area (TPSA) is 54.0 Å². The average Bonchev–Trinajstić information content (AvgIpc) is 2.29. The van der Waals surface area contributed by atoms with Crippen molar-refractivity contribution in [3.05, 3.63) is 0 Å². The van der Waals surface area contributed by atoms with Gasteiger partial charge < -0.3 is 5.32 Å². The standard InChI is InChI=1S/C11H22N2O2S/c1-16(14,15)13-8-4-11(5-9-13)10-2-6-12-7-3-10/h10-12H,2-9H2,1H3/p+1. The Bertz CT molecular complexity index is 315. The number of nitrogens with zero attached hydrogens (tertiary/aromatic N) is 1. The fourth-order valence-corrected chi connectivity index (χ4v) is 3.98. The predicted molar refractivity (Wildman–Crippen MR) is 63.5 cm³/mol. The highest BCUT2D eigenvalue weighted by atomic mass is 32.2. The molecule has 0 radical (unpaired) electrons. The maximum Gasteiger partial charge on any atom is 0.211 e. The van der Waals surface area contributed by atoms with Gasteiger partial charge in [0.2, 0.25) is 10.0 Å². The van der Waals surface area contributed by atoms with E-state index >= 15 is 0 Å². The first-order chi connectivity index (χ1) is 7.57. The molecule has 2 aliphatic rings. The Hall–Kier alpha value is -0.130. The lowest BCUT2D eigenvalue weighted by atomic mass is 9.79. The van der Waals surface area contributed by atoms with Gasteiger partial charge in [0.1, 0.15) is 0 Å². The van der Waals surface area contributed by atoms with E-state index in [0.717, 1.165) is 37.8 Å². The van der Waals surface area contributed by atoms with Crippen molar-refractivity contribution in [1.29, 1.82) is 0 Å². The third-order valence-corrected chi connectivity index (χ3v) is 5.42. The molecule has 0 aliphatic carbocycles. The third kappa shape index (κ3) is 2.96. The number of nitrogens with two attached hydrogens (primary N) is 1. The molecule has 0 atom stereocenters. The van der Waals surface area contributed by atoms with Crippen molar-refractivity contribution < 1.29 is 13.7 Å². The normalized spacial score (nSPS) is 27.1. The van der Waals surface area contributed by atoms with Gasteiger partial charge in [-0.1, -0.05) is 0 Å². The van der Waals surface area contributed by atoms with Crippen LogP contribution in [0.3, 0.4) is 0 Å². The van der Waals surface area contributed by atoms with Crippen molar-refractivity contribution in [2.24, 2.45) is 11.8 Å². The van der Waals surface area contributed by atoms with Gasteiger partial charge in [0.05, 0.1) is 19.3 Å². The average molecular weight is 247 g/mol. The molecule has 0 aromatic rings. The van der Waals surface area contributed by atoms with Gasteiger partial charge in [0.25, 0.3) is 0 Å². The van der Waals surface area contributed by atoms with E-state index in [1.54, 1.807) is 4.31 Å². The summed E-state index contributed by atoms with van der Waals surface area (Å²) in [6.07, 6.45) is 6.10. The summed E-state index contributed by atoms with van der Waals surface area (Å²) in [6.45, 7) is 4.00. The monoisotopic (exact) mass is 247 g/mol. The van der Waals surface area contributed by atoms with Crippen LogP contribution in [0, 0.1) is 11.8 Å². The maximum absolute atomic E-state index is 11.4. The zero-order valence-electron chi connectivity index (χ0n) is 10.1. The van der Waals surface area contributed by atoms with Crippen molar-refractivity contribution in [3.8, 4) is 0 Å². The summed E-state index contributed by atoms with van der Waals surface area (Å²) in [5.74, 6) is 1.62. The number of sulfonamides is 1. The van der Waals surface area contributed by atoms with Gasteiger partial charge in [-0.3, -0.25) is 0 Å². The highest BCUT2D eigenvalue weighted by Gasteiger charge is 2.31. The van der Waals surface area contributed by atoms with Gasteiger partial charge >= 0.3 is 0 Å². The molecule has 0 aromatic carbocycles. The first-order valence-corrected chi connectivity index (χ1v) is 8.19. The quantitative estimate of drug-likeness (QED) is 0.724. The van der Waals surface area contributed by atoms with E-state index in [2.05, 4.69) is 5.32 Å². The molecule has 0 bridgehead atoms. The summed E-state index contributed by atoms with van der Waals surface area (Å²) in [5.41, 5.74) is 0. The minimum atomic E-state index is -2.95. The Kier molecular flexibility index (Phi) is 3.87. The molecule has 0 aromatic heterocycles. The van der Waals surface area contributed by atoms with E-state index < -0.39 is 10.0 Å². The molecule has 2 heterocycles.